The van der Waals surface area contributed by atoms with Crippen molar-refractivity contribution in [3.05, 3.63) is 29.8 Å². The molecular formula is C14H18O5. The van der Waals surface area contributed by atoms with E-state index in [4.69, 9.17) is 14.2 Å². The number of aliphatic hydroxyl groups excluding tert-OH is 1. The Morgan fingerprint density at radius 3 is 2.68 bits per heavy atom. The van der Waals surface area contributed by atoms with Gasteiger partial charge in [-0.25, -0.2) is 4.79 Å². The largest absolute Gasteiger partial charge is 0.497 e. The van der Waals surface area contributed by atoms with Crippen LogP contribution in [0.3, 0.4) is 0 Å². The minimum absolute atomic E-state index is 0.474. The van der Waals surface area contributed by atoms with Gasteiger partial charge in [-0.3, -0.25) is 0 Å². The van der Waals surface area contributed by atoms with Crippen LogP contribution in [0.25, 0.3) is 0 Å². The summed E-state index contributed by atoms with van der Waals surface area (Å²) in [6, 6.07) is 6.63. The standard InChI is InChI=1S/C14H18O5/c1-17-11-7-5-10(6-8-11)13(15)14(16)19-12-4-2-3-9-18-12/h5-8,12-13,15H,2-4,9H2,1H3/t12?,13-/m0/s1. The van der Waals surface area contributed by atoms with Gasteiger partial charge in [0.2, 0.25) is 6.29 Å². The van der Waals surface area contributed by atoms with E-state index < -0.39 is 18.4 Å². The molecule has 1 aromatic carbocycles. The molecule has 1 aliphatic heterocycles. The lowest BCUT2D eigenvalue weighted by molar-refractivity contribution is -0.195. The van der Waals surface area contributed by atoms with Crippen molar-refractivity contribution in [2.45, 2.75) is 31.7 Å². The minimum Gasteiger partial charge on any atom is -0.497 e. The lowest BCUT2D eigenvalue weighted by Crippen LogP contribution is -2.28. The molecule has 104 valence electrons. The molecule has 0 aliphatic carbocycles. The Kier molecular flexibility index (Phi) is 4.76. The van der Waals surface area contributed by atoms with E-state index in [1.165, 1.54) is 0 Å². The average Bonchev–Trinajstić information content (AvgIpc) is 2.47. The van der Waals surface area contributed by atoms with E-state index in [0.717, 1.165) is 12.8 Å². The molecule has 1 heterocycles. The summed E-state index contributed by atoms with van der Waals surface area (Å²) >= 11 is 0. The number of methoxy groups -OCH3 is 1. The Hall–Kier alpha value is -1.59. The fourth-order valence-electron chi connectivity index (χ4n) is 1.92. The summed E-state index contributed by atoms with van der Waals surface area (Å²) in [4.78, 5) is 11.8. The summed E-state index contributed by atoms with van der Waals surface area (Å²) in [5, 5.41) is 9.91. The Morgan fingerprint density at radius 1 is 1.37 bits per heavy atom. The van der Waals surface area contributed by atoms with Crippen LogP contribution in [0.2, 0.25) is 0 Å². The van der Waals surface area contributed by atoms with Crippen LogP contribution in [0.5, 0.6) is 5.75 Å². The van der Waals surface area contributed by atoms with Crippen LogP contribution >= 0.6 is 0 Å². The average molecular weight is 266 g/mol. The molecule has 2 atom stereocenters. The predicted octanol–water partition coefficient (Wildman–Crippen LogP) is 1.80. The highest BCUT2D eigenvalue weighted by Crippen LogP contribution is 2.21. The fraction of sp³-hybridized carbons (Fsp3) is 0.500. The number of hydrogen-bond donors (Lipinski definition) is 1. The first-order chi connectivity index (χ1) is 9.20. The lowest BCUT2D eigenvalue weighted by Gasteiger charge is -2.23. The van der Waals surface area contributed by atoms with E-state index in [0.29, 0.717) is 24.3 Å². The van der Waals surface area contributed by atoms with Gasteiger partial charge in [0, 0.05) is 6.42 Å². The number of benzene rings is 1. The molecule has 0 saturated carbocycles. The Morgan fingerprint density at radius 2 is 2.11 bits per heavy atom. The van der Waals surface area contributed by atoms with Crippen molar-refractivity contribution in [2.24, 2.45) is 0 Å². The maximum absolute atomic E-state index is 11.8. The van der Waals surface area contributed by atoms with Crippen molar-refractivity contribution in [3.8, 4) is 5.75 Å². The molecule has 1 aliphatic rings. The number of carbonyl (C=O) groups is 1. The maximum atomic E-state index is 11.8. The topological polar surface area (TPSA) is 65.0 Å². The van der Waals surface area contributed by atoms with E-state index in [1.807, 2.05) is 0 Å². The molecule has 1 N–H and O–H groups in total. The highest BCUT2D eigenvalue weighted by atomic mass is 16.7. The maximum Gasteiger partial charge on any atom is 0.341 e. The monoisotopic (exact) mass is 266 g/mol. The number of carbonyl (C=O) groups excluding carboxylic acids is 1. The van der Waals surface area contributed by atoms with Crippen molar-refractivity contribution < 1.29 is 24.1 Å². The zero-order valence-electron chi connectivity index (χ0n) is 10.9. The third kappa shape index (κ3) is 3.68. The molecule has 5 nitrogen and oxygen atoms in total. The number of esters is 1. The summed E-state index contributed by atoms with van der Waals surface area (Å²) in [6.45, 7) is 0.594. The lowest BCUT2D eigenvalue weighted by atomic mass is 10.1. The molecule has 0 aromatic heterocycles. The van der Waals surface area contributed by atoms with E-state index in [2.05, 4.69) is 0 Å². The zero-order chi connectivity index (χ0) is 13.7. The first-order valence-corrected chi connectivity index (χ1v) is 6.35. The SMILES string of the molecule is COc1ccc([C@H](O)C(=O)OC2CCCCO2)cc1. The molecule has 0 radical (unpaired) electrons. The van der Waals surface area contributed by atoms with Crippen molar-refractivity contribution in [3.63, 3.8) is 0 Å². The number of rotatable bonds is 4. The molecule has 2 rings (SSSR count). The molecule has 1 aromatic rings. The van der Waals surface area contributed by atoms with Crippen LogP contribution in [0.4, 0.5) is 0 Å². The second kappa shape index (κ2) is 6.54. The zero-order valence-corrected chi connectivity index (χ0v) is 10.9. The van der Waals surface area contributed by atoms with Gasteiger partial charge in [0.05, 0.1) is 13.7 Å². The van der Waals surface area contributed by atoms with Crippen LogP contribution < -0.4 is 4.74 Å². The van der Waals surface area contributed by atoms with Gasteiger partial charge in [-0.15, -0.1) is 0 Å². The Balaban J connectivity index is 1.93. The van der Waals surface area contributed by atoms with Gasteiger partial charge in [-0.1, -0.05) is 12.1 Å². The molecule has 0 amide bonds. The molecule has 0 bridgehead atoms. The van der Waals surface area contributed by atoms with Gasteiger partial charge >= 0.3 is 5.97 Å². The summed E-state index contributed by atoms with van der Waals surface area (Å²) in [6.07, 6.45) is 0.804. The quantitative estimate of drug-likeness (QED) is 0.842. The van der Waals surface area contributed by atoms with Crippen LogP contribution in [0.15, 0.2) is 24.3 Å². The fourth-order valence-corrected chi connectivity index (χ4v) is 1.92. The van der Waals surface area contributed by atoms with Crippen molar-refractivity contribution >= 4 is 5.97 Å². The van der Waals surface area contributed by atoms with Gasteiger partial charge in [0.1, 0.15) is 5.75 Å². The number of ether oxygens (including phenoxy) is 3. The second-order valence-electron chi connectivity index (χ2n) is 4.41. The molecule has 1 unspecified atom stereocenters. The highest BCUT2D eigenvalue weighted by molar-refractivity contribution is 5.76. The third-order valence-corrected chi connectivity index (χ3v) is 3.04. The smallest absolute Gasteiger partial charge is 0.341 e. The van der Waals surface area contributed by atoms with Gasteiger partial charge < -0.3 is 19.3 Å². The van der Waals surface area contributed by atoms with Gasteiger partial charge in [0.15, 0.2) is 6.10 Å². The third-order valence-electron chi connectivity index (χ3n) is 3.04. The van der Waals surface area contributed by atoms with Gasteiger partial charge in [-0.2, -0.15) is 0 Å². The van der Waals surface area contributed by atoms with Crippen LogP contribution in [-0.2, 0) is 14.3 Å². The van der Waals surface area contributed by atoms with E-state index in [1.54, 1.807) is 31.4 Å². The highest BCUT2D eigenvalue weighted by Gasteiger charge is 2.24. The summed E-state index contributed by atoms with van der Waals surface area (Å²) in [7, 11) is 1.56. The minimum atomic E-state index is -1.29. The summed E-state index contributed by atoms with van der Waals surface area (Å²) < 4.78 is 15.4. The summed E-state index contributed by atoms with van der Waals surface area (Å²) in [5.41, 5.74) is 0.474. The molecule has 5 heteroatoms. The van der Waals surface area contributed by atoms with E-state index >= 15 is 0 Å². The first-order valence-electron chi connectivity index (χ1n) is 6.35. The van der Waals surface area contributed by atoms with E-state index in [9.17, 15) is 9.90 Å². The van der Waals surface area contributed by atoms with E-state index in [-0.39, 0.29) is 0 Å². The normalized spacial score (nSPS) is 20.6. The van der Waals surface area contributed by atoms with Crippen molar-refractivity contribution in [1.29, 1.82) is 0 Å². The molecule has 0 spiro atoms. The molecule has 1 saturated heterocycles. The van der Waals surface area contributed by atoms with Crippen LogP contribution in [0, 0.1) is 0 Å². The van der Waals surface area contributed by atoms with Gasteiger partial charge in [0.25, 0.3) is 0 Å². The first kappa shape index (κ1) is 13.8. The van der Waals surface area contributed by atoms with Crippen molar-refractivity contribution in [2.75, 3.05) is 13.7 Å². The van der Waals surface area contributed by atoms with Crippen LogP contribution in [-0.4, -0.2) is 31.1 Å². The number of aliphatic hydroxyl groups is 1. The molecule has 1 fully saturated rings. The molecule has 19 heavy (non-hydrogen) atoms. The second-order valence-corrected chi connectivity index (χ2v) is 4.41. The van der Waals surface area contributed by atoms with Crippen molar-refractivity contribution in [1.82, 2.24) is 0 Å². The van der Waals surface area contributed by atoms with Crippen LogP contribution in [0.1, 0.15) is 30.9 Å². The van der Waals surface area contributed by atoms with Gasteiger partial charge in [-0.05, 0) is 30.5 Å². The number of hydrogen-bond acceptors (Lipinski definition) is 5. The Bertz CT molecular complexity index is 408. The molecular weight excluding hydrogens is 248 g/mol. The summed E-state index contributed by atoms with van der Waals surface area (Å²) in [5.74, 6) is -0.0167. The Labute approximate surface area is 112 Å². The predicted molar refractivity (Wildman–Crippen MR) is 67.6 cm³/mol.